The van der Waals surface area contributed by atoms with E-state index in [1.165, 1.54) is 10.4 Å². The van der Waals surface area contributed by atoms with Crippen LogP contribution in [-0.4, -0.2) is 55.6 Å². The molecule has 2 aliphatic heterocycles. The second kappa shape index (κ2) is 10.5. The molecule has 1 aromatic carbocycles. The number of carbonyl (C=O) groups excluding carboxylic acids is 2. The van der Waals surface area contributed by atoms with Crippen LogP contribution < -0.4 is 5.32 Å². The number of hydrogen-bond donors (Lipinski definition) is 1. The number of carbonyl (C=O) groups is 2. The van der Waals surface area contributed by atoms with Gasteiger partial charge in [-0.15, -0.1) is 11.3 Å². The van der Waals surface area contributed by atoms with E-state index in [9.17, 15) is 18.0 Å². The van der Waals surface area contributed by atoms with Crippen LogP contribution in [0.2, 0.25) is 5.02 Å². The Morgan fingerprint density at radius 2 is 1.61 bits per heavy atom. The van der Waals surface area contributed by atoms with E-state index in [0.717, 1.165) is 50.1 Å². The highest BCUT2D eigenvalue weighted by Gasteiger charge is 2.33. The van der Waals surface area contributed by atoms with Crippen molar-refractivity contribution in [1.82, 2.24) is 9.21 Å². The van der Waals surface area contributed by atoms with Gasteiger partial charge in [0.15, 0.2) is 0 Å². The Balaban J connectivity index is 1.35. The highest BCUT2D eigenvalue weighted by Crippen LogP contribution is 2.29. The molecule has 10 heteroatoms. The van der Waals surface area contributed by atoms with Gasteiger partial charge in [-0.3, -0.25) is 9.59 Å². The molecule has 0 spiro atoms. The van der Waals surface area contributed by atoms with E-state index in [1.807, 2.05) is 4.90 Å². The summed E-state index contributed by atoms with van der Waals surface area (Å²) in [6, 6.07) is 8.40. The van der Waals surface area contributed by atoms with E-state index in [-0.39, 0.29) is 35.0 Å². The van der Waals surface area contributed by atoms with Crippen molar-refractivity contribution in [3.05, 3.63) is 46.3 Å². The SMILES string of the molecule is O=C(Nc1ccc(Cl)cc1)C1CCN(S(=O)(=O)c2cc(C(=O)N3CCCCCC3)cs2)CC1. The maximum absolute atomic E-state index is 13.2. The molecule has 178 valence electrons. The quantitative estimate of drug-likeness (QED) is 0.644. The third-order valence-electron chi connectivity index (χ3n) is 6.25. The second-order valence-electron chi connectivity index (χ2n) is 8.54. The molecule has 1 aromatic heterocycles. The summed E-state index contributed by atoms with van der Waals surface area (Å²) in [4.78, 5) is 27.2. The van der Waals surface area contributed by atoms with E-state index < -0.39 is 10.0 Å². The first kappa shape index (κ1) is 24.2. The van der Waals surface area contributed by atoms with E-state index in [0.29, 0.717) is 29.1 Å². The molecule has 2 saturated heterocycles. The Kier molecular flexibility index (Phi) is 7.73. The van der Waals surface area contributed by atoms with Gasteiger partial charge in [-0.1, -0.05) is 24.4 Å². The van der Waals surface area contributed by atoms with Crippen molar-refractivity contribution >= 4 is 50.5 Å². The third-order valence-corrected chi connectivity index (χ3v) is 9.81. The Labute approximate surface area is 203 Å². The van der Waals surface area contributed by atoms with Crippen LogP contribution in [0.15, 0.2) is 39.9 Å². The van der Waals surface area contributed by atoms with Crippen LogP contribution in [0.25, 0.3) is 0 Å². The first-order valence-corrected chi connectivity index (χ1v) is 14.0. The van der Waals surface area contributed by atoms with Gasteiger partial charge < -0.3 is 10.2 Å². The minimum Gasteiger partial charge on any atom is -0.339 e. The summed E-state index contributed by atoms with van der Waals surface area (Å²) in [6.07, 6.45) is 5.12. The largest absolute Gasteiger partial charge is 0.339 e. The summed E-state index contributed by atoms with van der Waals surface area (Å²) in [6.45, 7) is 1.99. The van der Waals surface area contributed by atoms with E-state index in [4.69, 9.17) is 11.6 Å². The molecule has 1 N–H and O–H groups in total. The van der Waals surface area contributed by atoms with Gasteiger partial charge in [-0.2, -0.15) is 4.31 Å². The number of hydrogen-bond acceptors (Lipinski definition) is 5. The summed E-state index contributed by atoms with van der Waals surface area (Å²) in [5.41, 5.74) is 1.11. The van der Waals surface area contributed by atoms with Gasteiger partial charge in [-0.05, 0) is 56.0 Å². The first-order valence-electron chi connectivity index (χ1n) is 11.3. The normalized spacial score (nSPS) is 18.6. The maximum atomic E-state index is 13.2. The fraction of sp³-hybridized carbons (Fsp3) is 0.478. The monoisotopic (exact) mass is 509 g/mol. The second-order valence-corrected chi connectivity index (χ2v) is 12.0. The molecular weight excluding hydrogens is 482 g/mol. The standard InChI is InChI=1S/C23H28ClN3O4S2/c24-19-5-7-20(8-6-19)25-22(28)17-9-13-27(14-10-17)33(30,31)21-15-18(16-32-21)23(29)26-11-3-1-2-4-12-26/h5-8,15-17H,1-4,9-14H2,(H,25,28). The van der Waals surface area contributed by atoms with E-state index >= 15 is 0 Å². The van der Waals surface area contributed by atoms with Crippen molar-refractivity contribution in [1.29, 1.82) is 0 Å². The number of nitrogens with zero attached hydrogens (tertiary/aromatic N) is 2. The zero-order chi connectivity index (χ0) is 23.4. The zero-order valence-electron chi connectivity index (χ0n) is 18.3. The smallest absolute Gasteiger partial charge is 0.254 e. The summed E-state index contributed by atoms with van der Waals surface area (Å²) < 4.78 is 27.9. The lowest BCUT2D eigenvalue weighted by atomic mass is 9.97. The predicted octanol–water partition coefficient (Wildman–Crippen LogP) is 4.46. The highest BCUT2D eigenvalue weighted by molar-refractivity contribution is 7.91. The molecule has 2 fully saturated rings. The van der Waals surface area contributed by atoms with Gasteiger partial charge in [0.05, 0.1) is 5.56 Å². The molecule has 4 rings (SSSR count). The van der Waals surface area contributed by atoms with Crippen molar-refractivity contribution < 1.29 is 18.0 Å². The minimum absolute atomic E-state index is 0.0906. The van der Waals surface area contributed by atoms with Crippen LogP contribution in [0.1, 0.15) is 48.9 Å². The fourth-order valence-corrected chi connectivity index (χ4v) is 7.19. The Hall–Kier alpha value is -1.94. The minimum atomic E-state index is -3.69. The number of anilines is 1. The molecule has 33 heavy (non-hydrogen) atoms. The maximum Gasteiger partial charge on any atom is 0.254 e. The average Bonchev–Trinajstić information content (AvgIpc) is 3.17. The molecule has 0 bridgehead atoms. The predicted molar refractivity (Wildman–Crippen MR) is 130 cm³/mol. The molecule has 3 heterocycles. The van der Waals surface area contributed by atoms with Crippen molar-refractivity contribution in [2.75, 3.05) is 31.5 Å². The molecule has 2 aliphatic rings. The van der Waals surface area contributed by atoms with Crippen molar-refractivity contribution in [3.63, 3.8) is 0 Å². The Morgan fingerprint density at radius 1 is 0.970 bits per heavy atom. The summed E-state index contributed by atoms with van der Waals surface area (Å²) >= 11 is 6.97. The van der Waals surface area contributed by atoms with Gasteiger partial charge in [0, 0.05) is 48.2 Å². The van der Waals surface area contributed by atoms with Gasteiger partial charge >= 0.3 is 0 Å². The van der Waals surface area contributed by atoms with Crippen molar-refractivity contribution in [2.45, 2.75) is 42.7 Å². The summed E-state index contributed by atoms with van der Waals surface area (Å²) in [7, 11) is -3.69. The van der Waals surface area contributed by atoms with E-state index in [2.05, 4.69) is 5.32 Å². The van der Waals surface area contributed by atoms with Crippen LogP contribution in [0.5, 0.6) is 0 Å². The first-order chi connectivity index (χ1) is 15.8. The molecule has 0 unspecified atom stereocenters. The number of halogens is 1. The average molecular weight is 510 g/mol. The molecular formula is C23H28ClN3O4S2. The number of amides is 2. The van der Waals surface area contributed by atoms with Gasteiger partial charge in [-0.25, -0.2) is 8.42 Å². The van der Waals surface area contributed by atoms with Crippen LogP contribution in [0.4, 0.5) is 5.69 Å². The van der Waals surface area contributed by atoms with Crippen molar-refractivity contribution in [3.8, 4) is 0 Å². The van der Waals surface area contributed by atoms with Gasteiger partial charge in [0.2, 0.25) is 5.91 Å². The number of piperidine rings is 1. The number of thiophene rings is 1. The van der Waals surface area contributed by atoms with E-state index in [1.54, 1.807) is 29.6 Å². The molecule has 7 nitrogen and oxygen atoms in total. The fourth-order valence-electron chi connectivity index (χ4n) is 4.28. The molecule has 0 aliphatic carbocycles. The third kappa shape index (κ3) is 5.77. The lowest BCUT2D eigenvalue weighted by Gasteiger charge is -2.30. The van der Waals surface area contributed by atoms with Gasteiger partial charge in [0.1, 0.15) is 4.21 Å². The topological polar surface area (TPSA) is 86.8 Å². The van der Waals surface area contributed by atoms with Crippen molar-refractivity contribution in [2.24, 2.45) is 5.92 Å². The van der Waals surface area contributed by atoms with Crippen LogP contribution in [0.3, 0.4) is 0 Å². The zero-order valence-corrected chi connectivity index (χ0v) is 20.7. The van der Waals surface area contributed by atoms with Crippen LogP contribution in [0, 0.1) is 5.92 Å². The Morgan fingerprint density at radius 3 is 2.24 bits per heavy atom. The summed E-state index contributed by atoms with van der Waals surface area (Å²) in [5, 5.41) is 5.11. The van der Waals surface area contributed by atoms with Crippen LogP contribution in [-0.2, 0) is 14.8 Å². The highest BCUT2D eigenvalue weighted by atomic mass is 35.5. The number of rotatable bonds is 5. The van der Waals surface area contributed by atoms with Gasteiger partial charge in [0.25, 0.3) is 15.9 Å². The molecule has 0 radical (unpaired) electrons. The number of sulfonamides is 1. The molecule has 0 saturated carbocycles. The summed E-state index contributed by atoms with van der Waals surface area (Å²) in [5.74, 6) is -0.460. The Bertz CT molecular complexity index is 1090. The number of benzene rings is 1. The lowest BCUT2D eigenvalue weighted by Crippen LogP contribution is -2.41. The molecule has 2 aromatic rings. The molecule has 2 amide bonds. The van der Waals surface area contributed by atoms with Crippen LogP contribution >= 0.6 is 22.9 Å². The number of nitrogens with one attached hydrogen (secondary N) is 1. The number of likely N-dealkylation sites (tertiary alicyclic amines) is 1. The lowest BCUT2D eigenvalue weighted by molar-refractivity contribution is -0.120. The molecule has 0 atom stereocenters.